The SMILES string of the molecule is NC(=O)C1CCCN1CCNC(=O)CNC(=O)c1cc(SSc2cc(C(=O)NCC(=O)NCCN3CCC[C@H]3C(N)=O)cc3cccnc23)c2ncccc2c1. The average molecular weight is 801 g/mol. The zero-order valence-corrected chi connectivity index (χ0v) is 32.3. The first-order chi connectivity index (χ1) is 27.1. The lowest BCUT2D eigenvalue weighted by atomic mass is 10.1. The van der Waals surface area contributed by atoms with E-state index >= 15 is 0 Å². The van der Waals surface area contributed by atoms with Crippen LogP contribution in [0, 0.1) is 0 Å². The fourth-order valence-corrected chi connectivity index (χ4v) is 9.29. The number of nitrogens with two attached hydrogens (primary N) is 2. The summed E-state index contributed by atoms with van der Waals surface area (Å²) in [6, 6.07) is 13.4. The molecule has 294 valence electrons. The average Bonchev–Trinajstić information content (AvgIpc) is 3.88. The Morgan fingerprint density at radius 3 is 1.48 bits per heavy atom. The summed E-state index contributed by atoms with van der Waals surface area (Å²) >= 11 is 0. The van der Waals surface area contributed by atoms with Gasteiger partial charge in [-0.15, -0.1) is 0 Å². The number of pyridine rings is 2. The summed E-state index contributed by atoms with van der Waals surface area (Å²) in [6.45, 7) is 2.63. The van der Waals surface area contributed by atoms with Crippen molar-refractivity contribution >= 4 is 78.8 Å². The number of hydrogen-bond donors (Lipinski definition) is 6. The molecule has 18 heteroatoms. The van der Waals surface area contributed by atoms with E-state index in [9.17, 15) is 28.8 Å². The van der Waals surface area contributed by atoms with E-state index in [1.54, 1.807) is 48.8 Å². The zero-order chi connectivity index (χ0) is 39.6. The first-order valence-corrected chi connectivity index (χ1v) is 20.5. The molecule has 4 heterocycles. The fraction of sp³-hybridized carbons (Fsp3) is 0.368. The second-order valence-corrected chi connectivity index (χ2v) is 15.7. The second kappa shape index (κ2) is 19.0. The van der Waals surface area contributed by atoms with Crippen molar-refractivity contribution in [1.29, 1.82) is 0 Å². The highest BCUT2D eigenvalue weighted by atomic mass is 33.1. The number of aromatic nitrogens is 2. The molecule has 2 saturated heterocycles. The van der Waals surface area contributed by atoms with Crippen LogP contribution in [0.2, 0.25) is 0 Å². The van der Waals surface area contributed by atoms with Crippen LogP contribution in [0.5, 0.6) is 0 Å². The molecule has 0 aliphatic carbocycles. The highest BCUT2D eigenvalue weighted by molar-refractivity contribution is 8.76. The van der Waals surface area contributed by atoms with Gasteiger partial charge in [-0.25, -0.2) is 0 Å². The topological polar surface area (TPSA) is 235 Å². The first kappa shape index (κ1) is 40.4. The number of nitrogens with zero attached hydrogens (tertiary/aromatic N) is 4. The Kier molecular flexibility index (Phi) is 13.7. The van der Waals surface area contributed by atoms with Crippen molar-refractivity contribution in [3.8, 4) is 0 Å². The highest BCUT2D eigenvalue weighted by Gasteiger charge is 2.29. The Morgan fingerprint density at radius 1 is 0.643 bits per heavy atom. The Morgan fingerprint density at radius 2 is 1.07 bits per heavy atom. The minimum atomic E-state index is -0.438. The lowest BCUT2D eigenvalue weighted by Crippen LogP contribution is -2.45. The molecular formula is C38H44N10O6S2. The van der Waals surface area contributed by atoms with Gasteiger partial charge in [0.25, 0.3) is 11.8 Å². The summed E-state index contributed by atoms with van der Waals surface area (Å²) in [5.41, 5.74) is 13.0. The molecule has 0 spiro atoms. The molecule has 6 rings (SSSR count). The molecule has 4 aromatic rings. The maximum atomic E-state index is 13.3. The molecule has 16 nitrogen and oxygen atoms in total. The van der Waals surface area contributed by atoms with Crippen molar-refractivity contribution < 1.29 is 28.8 Å². The summed E-state index contributed by atoms with van der Waals surface area (Å²) < 4.78 is 0. The predicted octanol–water partition coefficient (Wildman–Crippen LogP) is 1.17. The Hall–Kier alpha value is -5.30. The molecule has 2 aromatic heterocycles. The van der Waals surface area contributed by atoms with E-state index < -0.39 is 11.8 Å². The van der Waals surface area contributed by atoms with Crippen LogP contribution >= 0.6 is 21.6 Å². The van der Waals surface area contributed by atoms with E-state index in [0.29, 0.717) is 71.0 Å². The summed E-state index contributed by atoms with van der Waals surface area (Å²) in [7, 11) is 2.70. The van der Waals surface area contributed by atoms with Crippen LogP contribution in [0.4, 0.5) is 0 Å². The number of primary amides is 2. The first-order valence-electron chi connectivity index (χ1n) is 18.4. The van der Waals surface area contributed by atoms with Gasteiger partial charge in [-0.2, -0.15) is 0 Å². The molecule has 8 N–H and O–H groups in total. The Labute approximate surface area is 331 Å². The van der Waals surface area contributed by atoms with Gasteiger partial charge in [0, 0.05) is 70.3 Å². The smallest absolute Gasteiger partial charge is 0.251 e. The quantitative estimate of drug-likeness (QED) is 0.0827. The summed E-state index contributed by atoms with van der Waals surface area (Å²) in [4.78, 5) is 89.4. The second-order valence-electron chi connectivity index (χ2n) is 13.5. The molecular weight excluding hydrogens is 757 g/mol. The van der Waals surface area contributed by atoms with E-state index in [0.717, 1.165) is 36.7 Å². The maximum Gasteiger partial charge on any atom is 0.251 e. The zero-order valence-electron chi connectivity index (χ0n) is 30.6. The largest absolute Gasteiger partial charge is 0.368 e. The molecule has 0 radical (unpaired) electrons. The molecule has 0 bridgehead atoms. The number of carbonyl (C=O) groups is 6. The summed E-state index contributed by atoms with van der Waals surface area (Å²) in [5.74, 6) is -2.33. The van der Waals surface area contributed by atoms with Gasteiger partial charge >= 0.3 is 0 Å². The Bertz CT molecular complexity index is 1990. The molecule has 2 aliphatic heterocycles. The van der Waals surface area contributed by atoms with Crippen molar-refractivity contribution in [2.75, 3.05) is 52.4 Å². The van der Waals surface area contributed by atoms with Crippen LogP contribution in [-0.2, 0) is 19.2 Å². The van der Waals surface area contributed by atoms with E-state index in [2.05, 4.69) is 31.2 Å². The number of rotatable bonds is 17. The molecule has 2 fully saturated rings. The monoisotopic (exact) mass is 800 g/mol. The summed E-state index contributed by atoms with van der Waals surface area (Å²) in [5, 5.41) is 12.4. The number of amides is 6. The fourth-order valence-electron chi connectivity index (χ4n) is 6.96. The minimum absolute atomic E-state index is 0.232. The minimum Gasteiger partial charge on any atom is -0.368 e. The number of nitrogens with one attached hydrogen (secondary N) is 4. The maximum absolute atomic E-state index is 13.3. The number of carbonyl (C=O) groups excluding carboxylic acids is 6. The molecule has 2 atom stereocenters. The van der Waals surface area contributed by atoms with Crippen LogP contribution in [0.3, 0.4) is 0 Å². The lowest BCUT2D eigenvalue weighted by molar-refractivity contribution is -0.123. The van der Waals surface area contributed by atoms with Gasteiger partial charge in [0.15, 0.2) is 0 Å². The normalized spacial score (nSPS) is 17.1. The Balaban J connectivity index is 1.07. The van der Waals surface area contributed by atoms with Crippen LogP contribution in [0.1, 0.15) is 46.4 Å². The molecule has 1 unspecified atom stereocenters. The highest BCUT2D eigenvalue weighted by Crippen LogP contribution is 2.43. The third-order valence-electron chi connectivity index (χ3n) is 9.73. The van der Waals surface area contributed by atoms with Gasteiger partial charge in [0.05, 0.1) is 36.2 Å². The van der Waals surface area contributed by atoms with Gasteiger partial charge in [-0.3, -0.25) is 48.5 Å². The van der Waals surface area contributed by atoms with Gasteiger partial charge in [0.2, 0.25) is 23.6 Å². The van der Waals surface area contributed by atoms with E-state index in [1.165, 1.54) is 21.6 Å². The number of benzene rings is 2. The summed E-state index contributed by atoms with van der Waals surface area (Å²) in [6.07, 6.45) is 6.50. The van der Waals surface area contributed by atoms with Crippen molar-refractivity contribution in [3.63, 3.8) is 0 Å². The van der Waals surface area contributed by atoms with Crippen LogP contribution in [0.15, 0.2) is 70.7 Å². The van der Waals surface area contributed by atoms with Crippen molar-refractivity contribution in [3.05, 3.63) is 72.1 Å². The van der Waals surface area contributed by atoms with E-state index in [-0.39, 0.29) is 48.8 Å². The predicted molar refractivity (Wildman–Crippen MR) is 213 cm³/mol. The van der Waals surface area contributed by atoms with Crippen molar-refractivity contribution in [1.82, 2.24) is 41.0 Å². The van der Waals surface area contributed by atoms with Gasteiger partial charge in [-0.05, 0) is 75.2 Å². The van der Waals surface area contributed by atoms with Crippen LogP contribution in [0.25, 0.3) is 21.8 Å². The standard InChI is InChI=1S/C38H44N10O6S2/c39-35(51)27-7-3-13-47(27)15-11-41-31(49)21-45-37(53)25-17-23-5-1-9-43-33(23)29(19-25)55-56-30-20-26(18-24-6-2-10-44-34(24)30)38(54)46-22-32(50)42-12-16-48-14-4-8-28(48)36(40)52/h1-2,5-6,9-10,17-20,27-28H,3-4,7-8,11-16,21-22H2,(H2,39,51)(H2,40,52)(H,41,49)(H,42,50)(H,45,53)(H,46,54)/t27-,28?/m0/s1. The van der Waals surface area contributed by atoms with Gasteiger partial charge in [-0.1, -0.05) is 33.7 Å². The third-order valence-corrected chi connectivity index (χ3v) is 12.1. The molecule has 56 heavy (non-hydrogen) atoms. The molecule has 2 aliphatic rings. The van der Waals surface area contributed by atoms with Crippen LogP contribution in [-0.4, -0.2) is 120 Å². The lowest BCUT2D eigenvalue weighted by Gasteiger charge is -2.21. The van der Waals surface area contributed by atoms with Gasteiger partial charge in [0.1, 0.15) is 0 Å². The van der Waals surface area contributed by atoms with E-state index in [1.807, 2.05) is 21.9 Å². The van der Waals surface area contributed by atoms with Crippen molar-refractivity contribution in [2.24, 2.45) is 11.5 Å². The molecule has 0 saturated carbocycles. The number of likely N-dealkylation sites (tertiary alicyclic amines) is 2. The van der Waals surface area contributed by atoms with Crippen molar-refractivity contribution in [2.45, 2.75) is 47.6 Å². The third kappa shape index (κ3) is 10.3. The van der Waals surface area contributed by atoms with Gasteiger partial charge < -0.3 is 32.7 Å². The molecule has 2 aromatic carbocycles. The van der Waals surface area contributed by atoms with E-state index in [4.69, 9.17) is 11.5 Å². The molecule has 6 amide bonds. The number of fused-ring (bicyclic) bond motifs is 2. The number of hydrogen-bond acceptors (Lipinski definition) is 12. The van der Waals surface area contributed by atoms with Crippen LogP contribution < -0.4 is 32.7 Å².